The minimum atomic E-state index is -0.521. The Labute approximate surface area is 103 Å². The summed E-state index contributed by atoms with van der Waals surface area (Å²) in [7, 11) is 0. The van der Waals surface area contributed by atoms with Gasteiger partial charge in [0.25, 0.3) is 0 Å². The predicted octanol–water partition coefficient (Wildman–Crippen LogP) is 0.379. The molecule has 0 aromatic rings. The Morgan fingerprint density at radius 1 is 1.24 bits per heavy atom. The highest BCUT2D eigenvalue weighted by atomic mass is 16.2. The number of nitrogens with one attached hydrogen (secondary N) is 1. The van der Waals surface area contributed by atoms with Crippen LogP contribution in [0.2, 0.25) is 0 Å². The SMILES string of the molecule is CC(C)(C)C(CCN)CCC(=O)NCC(N)=O. The lowest BCUT2D eigenvalue weighted by Crippen LogP contribution is -2.34. The van der Waals surface area contributed by atoms with Gasteiger partial charge in [-0.2, -0.15) is 0 Å². The van der Waals surface area contributed by atoms with E-state index in [0.717, 1.165) is 12.8 Å². The van der Waals surface area contributed by atoms with Crippen LogP contribution in [0.15, 0.2) is 0 Å². The van der Waals surface area contributed by atoms with Crippen LogP contribution < -0.4 is 16.8 Å². The average molecular weight is 243 g/mol. The first-order valence-corrected chi connectivity index (χ1v) is 6.02. The highest BCUT2D eigenvalue weighted by molar-refractivity contribution is 5.83. The van der Waals surface area contributed by atoms with Crippen molar-refractivity contribution in [2.24, 2.45) is 22.8 Å². The molecule has 0 radical (unpaired) electrons. The molecule has 0 fully saturated rings. The molecule has 0 aliphatic heterocycles. The summed E-state index contributed by atoms with van der Waals surface area (Å²) in [4.78, 5) is 21.9. The molecule has 0 aliphatic rings. The summed E-state index contributed by atoms with van der Waals surface area (Å²) in [5.41, 5.74) is 10.7. The van der Waals surface area contributed by atoms with Crippen molar-refractivity contribution in [1.29, 1.82) is 0 Å². The van der Waals surface area contributed by atoms with Crippen molar-refractivity contribution in [2.45, 2.75) is 40.0 Å². The number of rotatable bonds is 7. The average Bonchev–Trinajstić information content (AvgIpc) is 2.19. The maximum absolute atomic E-state index is 11.4. The second-order valence-corrected chi connectivity index (χ2v) is 5.42. The highest BCUT2D eigenvalue weighted by Gasteiger charge is 2.24. The zero-order chi connectivity index (χ0) is 13.5. The van der Waals surface area contributed by atoms with Crippen LogP contribution in [0.1, 0.15) is 40.0 Å². The van der Waals surface area contributed by atoms with Crippen LogP contribution >= 0.6 is 0 Å². The predicted molar refractivity (Wildman–Crippen MR) is 68.1 cm³/mol. The van der Waals surface area contributed by atoms with Gasteiger partial charge in [-0.3, -0.25) is 9.59 Å². The smallest absolute Gasteiger partial charge is 0.236 e. The molecular formula is C12H25N3O2. The van der Waals surface area contributed by atoms with Crippen LogP contribution in [-0.4, -0.2) is 24.9 Å². The van der Waals surface area contributed by atoms with Gasteiger partial charge < -0.3 is 16.8 Å². The fourth-order valence-corrected chi connectivity index (χ4v) is 1.79. The molecule has 1 atom stereocenters. The molecule has 17 heavy (non-hydrogen) atoms. The molecule has 100 valence electrons. The van der Waals surface area contributed by atoms with E-state index in [4.69, 9.17) is 11.5 Å². The van der Waals surface area contributed by atoms with Gasteiger partial charge in [0.05, 0.1) is 6.54 Å². The Morgan fingerprint density at radius 2 is 1.82 bits per heavy atom. The molecule has 2 amide bonds. The first kappa shape index (κ1) is 15.9. The molecule has 0 aromatic heterocycles. The largest absolute Gasteiger partial charge is 0.368 e. The van der Waals surface area contributed by atoms with Crippen molar-refractivity contribution in [3.05, 3.63) is 0 Å². The Bertz CT molecular complexity index is 259. The van der Waals surface area contributed by atoms with Gasteiger partial charge in [-0.05, 0) is 30.7 Å². The number of hydrogen-bond donors (Lipinski definition) is 3. The summed E-state index contributed by atoms with van der Waals surface area (Å²) in [5, 5.41) is 2.49. The molecule has 0 spiro atoms. The van der Waals surface area contributed by atoms with Crippen molar-refractivity contribution in [2.75, 3.05) is 13.1 Å². The zero-order valence-electron chi connectivity index (χ0n) is 11.1. The number of nitrogens with two attached hydrogens (primary N) is 2. The first-order valence-electron chi connectivity index (χ1n) is 6.02. The Kier molecular flexibility index (Phi) is 6.80. The maximum atomic E-state index is 11.4. The lowest BCUT2D eigenvalue weighted by Gasteiger charge is -2.30. The monoisotopic (exact) mass is 243 g/mol. The van der Waals surface area contributed by atoms with Gasteiger partial charge in [-0.25, -0.2) is 0 Å². The molecule has 0 heterocycles. The fourth-order valence-electron chi connectivity index (χ4n) is 1.79. The Hall–Kier alpha value is -1.10. The van der Waals surface area contributed by atoms with Crippen molar-refractivity contribution in [1.82, 2.24) is 5.32 Å². The van der Waals surface area contributed by atoms with Gasteiger partial charge in [0.1, 0.15) is 0 Å². The lowest BCUT2D eigenvalue weighted by atomic mass is 9.76. The van der Waals surface area contributed by atoms with E-state index in [-0.39, 0.29) is 17.9 Å². The summed E-state index contributed by atoms with van der Waals surface area (Å²) in [5.74, 6) is -0.241. The molecule has 5 heteroatoms. The highest BCUT2D eigenvalue weighted by Crippen LogP contribution is 2.31. The Balaban J connectivity index is 4.04. The summed E-state index contributed by atoms with van der Waals surface area (Å²) in [6.07, 6.45) is 2.10. The van der Waals surface area contributed by atoms with Gasteiger partial charge in [0.15, 0.2) is 0 Å². The van der Waals surface area contributed by atoms with E-state index < -0.39 is 5.91 Å². The van der Waals surface area contributed by atoms with E-state index in [1.54, 1.807) is 0 Å². The molecule has 0 saturated carbocycles. The zero-order valence-corrected chi connectivity index (χ0v) is 11.1. The van der Waals surface area contributed by atoms with Gasteiger partial charge in [-0.15, -0.1) is 0 Å². The van der Waals surface area contributed by atoms with Crippen LogP contribution in [0.25, 0.3) is 0 Å². The minimum absolute atomic E-state index is 0.0874. The molecule has 1 unspecified atom stereocenters. The number of amides is 2. The van der Waals surface area contributed by atoms with E-state index in [1.165, 1.54) is 0 Å². The summed E-state index contributed by atoms with van der Waals surface area (Å²) in [6.45, 7) is 6.98. The standard InChI is InChI=1S/C12H25N3O2/c1-12(2,3)9(6-7-13)4-5-11(17)15-8-10(14)16/h9H,4-8,13H2,1-3H3,(H2,14,16)(H,15,17). The van der Waals surface area contributed by atoms with Crippen molar-refractivity contribution < 1.29 is 9.59 Å². The van der Waals surface area contributed by atoms with E-state index in [2.05, 4.69) is 26.1 Å². The van der Waals surface area contributed by atoms with E-state index in [0.29, 0.717) is 18.9 Å². The van der Waals surface area contributed by atoms with Crippen LogP contribution in [0, 0.1) is 11.3 Å². The molecule has 0 aromatic carbocycles. The van der Waals surface area contributed by atoms with E-state index >= 15 is 0 Å². The topological polar surface area (TPSA) is 98.2 Å². The summed E-state index contributed by atoms with van der Waals surface area (Å²) in [6, 6.07) is 0. The van der Waals surface area contributed by atoms with E-state index in [9.17, 15) is 9.59 Å². The summed E-state index contributed by atoms with van der Waals surface area (Å²) < 4.78 is 0. The third kappa shape index (κ3) is 7.74. The quantitative estimate of drug-likeness (QED) is 0.603. The third-order valence-corrected chi connectivity index (χ3v) is 2.92. The number of carbonyl (C=O) groups excluding carboxylic acids is 2. The normalized spacial score (nSPS) is 13.2. The van der Waals surface area contributed by atoms with Gasteiger partial charge in [0, 0.05) is 6.42 Å². The van der Waals surface area contributed by atoms with Crippen molar-refractivity contribution >= 4 is 11.8 Å². The second-order valence-electron chi connectivity index (χ2n) is 5.42. The van der Waals surface area contributed by atoms with Gasteiger partial charge in [0.2, 0.25) is 11.8 Å². The Morgan fingerprint density at radius 3 is 2.24 bits per heavy atom. The third-order valence-electron chi connectivity index (χ3n) is 2.92. The molecule has 0 rings (SSSR count). The van der Waals surface area contributed by atoms with Crippen LogP contribution in [0.4, 0.5) is 0 Å². The molecule has 0 bridgehead atoms. The maximum Gasteiger partial charge on any atom is 0.236 e. The first-order chi connectivity index (χ1) is 7.77. The molecular weight excluding hydrogens is 218 g/mol. The minimum Gasteiger partial charge on any atom is -0.368 e. The summed E-state index contributed by atoms with van der Waals surface area (Å²) >= 11 is 0. The number of primary amides is 1. The van der Waals surface area contributed by atoms with Crippen LogP contribution in [0.3, 0.4) is 0 Å². The number of carbonyl (C=O) groups is 2. The fraction of sp³-hybridized carbons (Fsp3) is 0.833. The van der Waals surface area contributed by atoms with E-state index in [1.807, 2.05) is 0 Å². The van der Waals surface area contributed by atoms with Crippen molar-refractivity contribution in [3.8, 4) is 0 Å². The van der Waals surface area contributed by atoms with Crippen LogP contribution in [0.5, 0.6) is 0 Å². The van der Waals surface area contributed by atoms with Gasteiger partial charge >= 0.3 is 0 Å². The molecule has 5 N–H and O–H groups in total. The van der Waals surface area contributed by atoms with Crippen LogP contribution in [-0.2, 0) is 9.59 Å². The lowest BCUT2D eigenvalue weighted by molar-refractivity contribution is -0.125. The molecule has 5 nitrogen and oxygen atoms in total. The molecule has 0 saturated heterocycles. The second kappa shape index (κ2) is 7.27. The number of hydrogen-bond acceptors (Lipinski definition) is 3. The molecule has 0 aliphatic carbocycles. The van der Waals surface area contributed by atoms with Crippen molar-refractivity contribution in [3.63, 3.8) is 0 Å². The van der Waals surface area contributed by atoms with Gasteiger partial charge in [-0.1, -0.05) is 20.8 Å².